The molecule has 1 rings (SSSR count). The van der Waals surface area contributed by atoms with Crippen molar-refractivity contribution in [3.05, 3.63) is 23.8 Å². The van der Waals surface area contributed by atoms with E-state index in [2.05, 4.69) is 9.47 Å². The van der Waals surface area contributed by atoms with E-state index in [1.165, 1.54) is 6.07 Å². The van der Waals surface area contributed by atoms with Crippen molar-refractivity contribution in [3.8, 4) is 5.75 Å². The number of carbonyl (C=O) groups excluding carboxylic acids is 1. The number of esters is 1. The van der Waals surface area contributed by atoms with Crippen LogP contribution in [0.15, 0.2) is 18.2 Å². The van der Waals surface area contributed by atoms with Crippen molar-refractivity contribution in [2.24, 2.45) is 0 Å². The zero-order valence-electron chi connectivity index (χ0n) is 8.58. The number of carbonyl (C=O) groups is 1. The minimum absolute atomic E-state index is 0. The molecule has 0 fully saturated rings. The van der Waals surface area contributed by atoms with E-state index in [1.807, 2.05) is 0 Å². The SMILES string of the molecule is COC(=O)c1ccc(N)c(OC(F)(F)F)c1.Cl. The summed E-state index contributed by atoms with van der Waals surface area (Å²) < 4.78 is 43.8. The summed E-state index contributed by atoms with van der Waals surface area (Å²) in [5.41, 5.74) is 4.97. The highest BCUT2D eigenvalue weighted by molar-refractivity contribution is 5.90. The van der Waals surface area contributed by atoms with Crippen LogP contribution in [0, 0.1) is 0 Å². The van der Waals surface area contributed by atoms with Crippen LogP contribution in [-0.2, 0) is 4.74 Å². The summed E-state index contributed by atoms with van der Waals surface area (Å²) in [7, 11) is 1.11. The molecular formula is C9H9ClF3NO3. The number of anilines is 1. The highest BCUT2D eigenvalue weighted by Crippen LogP contribution is 2.29. The molecule has 96 valence electrons. The molecule has 0 saturated carbocycles. The fraction of sp³-hybridized carbons (Fsp3) is 0.222. The van der Waals surface area contributed by atoms with Crippen LogP contribution in [0.25, 0.3) is 0 Å². The van der Waals surface area contributed by atoms with Crippen molar-refractivity contribution >= 4 is 24.1 Å². The Morgan fingerprint density at radius 2 is 1.94 bits per heavy atom. The number of ether oxygens (including phenoxy) is 2. The zero-order chi connectivity index (χ0) is 12.3. The van der Waals surface area contributed by atoms with Gasteiger partial charge in [0.15, 0.2) is 5.75 Å². The standard InChI is InChI=1S/C9H8F3NO3.ClH/c1-15-8(14)5-2-3-6(13)7(4-5)16-9(10,11)12;/h2-4H,13H2,1H3;1H. The molecule has 0 aliphatic carbocycles. The third kappa shape index (κ3) is 4.39. The summed E-state index contributed by atoms with van der Waals surface area (Å²) in [6.45, 7) is 0. The maximum Gasteiger partial charge on any atom is 0.573 e. The lowest BCUT2D eigenvalue weighted by Gasteiger charge is -2.11. The number of nitrogens with two attached hydrogens (primary N) is 1. The third-order valence-corrected chi connectivity index (χ3v) is 1.66. The van der Waals surface area contributed by atoms with E-state index in [-0.39, 0.29) is 23.7 Å². The lowest BCUT2D eigenvalue weighted by atomic mass is 10.2. The Bertz CT molecular complexity index is 409. The maximum atomic E-state index is 11.9. The van der Waals surface area contributed by atoms with Gasteiger partial charge in [0.2, 0.25) is 0 Å². The fourth-order valence-electron chi connectivity index (χ4n) is 0.992. The van der Waals surface area contributed by atoms with Gasteiger partial charge in [-0.3, -0.25) is 0 Å². The molecule has 0 aromatic heterocycles. The van der Waals surface area contributed by atoms with Gasteiger partial charge < -0.3 is 15.2 Å². The van der Waals surface area contributed by atoms with Gasteiger partial charge in [-0.2, -0.15) is 0 Å². The lowest BCUT2D eigenvalue weighted by Crippen LogP contribution is -2.18. The van der Waals surface area contributed by atoms with Crippen LogP contribution in [0.2, 0.25) is 0 Å². The molecule has 0 heterocycles. The fourth-order valence-corrected chi connectivity index (χ4v) is 0.992. The van der Waals surface area contributed by atoms with Crippen molar-refractivity contribution in [2.45, 2.75) is 6.36 Å². The summed E-state index contributed by atoms with van der Waals surface area (Å²) in [5.74, 6) is -1.40. The molecule has 17 heavy (non-hydrogen) atoms. The molecule has 8 heteroatoms. The van der Waals surface area contributed by atoms with Gasteiger partial charge in [0.1, 0.15) is 0 Å². The van der Waals surface area contributed by atoms with Gasteiger partial charge in [-0.05, 0) is 18.2 Å². The number of hydrogen-bond donors (Lipinski definition) is 1. The smallest absolute Gasteiger partial charge is 0.465 e. The van der Waals surface area contributed by atoms with Crippen molar-refractivity contribution in [1.29, 1.82) is 0 Å². The summed E-state index contributed by atoms with van der Waals surface area (Å²) in [6, 6.07) is 3.24. The highest BCUT2D eigenvalue weighted by Gasteiger charge is 2.32. The van der Waals surface area contributed by atoms with Crippen LogP contribution in [-0.4, -0.2) is 19.4 Å². The molecule has 4 nitrogen and oxygen atoms in total. The van der Waals surface area contributed by atoms with E-state index in [4.69, 9.17) is 5.73 Å². The number of benzene rings is 1. The minimum Gasteiger partial charge on any atom is -0.465 e. The summed E-state index contributed by atoms with van der Waals surface area (Å²) in [6.07, 6.45) is -4.86. The van der Waals surface area contributed by atoms with Crippen molar-refractivity contribution in [2.75, 3.05) is 12.8 Å². The largest absolute Gasteiger partial charge is 0.573 e. The molecular weight excluding hydrogens is 263 g/mol. The first-order valence-electron chi connectivity index (χ1n) is 4.07. The van der Waals surface area contributed by atoms with Gasteiger partial charge in [0, 0.05) is 0 Å². The lowest BCUT2D eigenvalue weighted by molar-refractivity contribution is -0.274. The molecule has 0 atom stereocenters. The number of halogens is 4. The molecule has 0 aliphatic rings. The first-order valence-corrected chi connectivity index (χ1v) is 4.07. The van der Waals surface area contributed by atoms with Crippen LogP contribution in [0.3, 0.4) is 0 Å². The van der Waals surface area contributed by atoms with Gasteiger partial charge in [-0.25, -0.2) is 4.79 Å². The second-order valence-corrected chi connectivity index (χ2v) is 2.79. The Balaban J connectivity index is 0.00000256. The number of methoxy groups -OCH3 is 1. The number of alkyl halides is 3. The van der Waals surface area contributed by atoms with Crippen LogP contribution in [0.1, 0.15) is 10.4 Å². The average Bonchev–Trinajstić information content (AvgIpc) is 2.18. The second-order valence-electron chi connectivity index (χ2n) is 2.79. The molecule has 0 saturated heterocycles. The topological polar surface area (TPSA) is 61.5 Å². The summed E-state index contributed by atoms with van der Waals surface area (Å²) in [5, 5.41) is 0. The van der Waals surface area contributed by atoms with E-state index in [0.29, 0.717) is 0 Å². The average molecular weight is 272 g/mol. The van der Waals surface area contributed by atoms with Crippen molar-refractivity contribution in [1.82, 2.24) is 0 Å². The number of nitrogen functional groups attached to an aromatic ring is 1. The van der Waals surface area contributed by atoms with Crippen molar-refractivity contribution in [3.63, 3.8) is 0 Å². The number of hydrogen-bond acceptors (Lipinski definition) is 4. The molecule has 0 spiro atoms. The third-order valence-electron chi connectivity index (χ3n) is 1.66. The normalized spacial score (nSPS) is 10.4. The molecule has 0 aliphatic heterocycles. The van der Waals surface area contributed by atoms with E-state index >= 15 is 0 Å². The Morgan fingerprint density at radius 3 is 2.41 bits per heavy atom. The molecule has 1 aromatic carbocycles. The Kier molecular flexibility index (Phi) is 5.09. The molecule has 0 amide bonds. The summed E-state index contributed by atoms with van der Waals surface area (Å²) in [4.78, 5) is 11.0. The quantitative estimate of drug-likeness (QED) is 0.663. The molecule has 0 radical (unpaired) electrons. The van der Waals surface area contributed by atoms with E-state index in [1.54, 1.807) is 0 Å². The molecule has 1 aromatic rings. The van der Waals surface area contributed by atoms with Gasteiger partial charge in [0.25, 0.3) is 0 Å². The van der Waals surface area contributed by atoms with Crippen LogP contribution in [0.4, 0.5) is 18.9 Å². The van der Waals surface area contributed by atoms with Gasteiger partial charge in [-0.15, -0.1) is 25.6 Å². The highest BCUT2D eigenvalue weighted by atomic mass is 35.5. The molecule has 2 N–H and O–H groups in total. The zero-order valence-corrected chi connectivity index (χ0v) is 9.39. The van der Waals surface area contributed by atoms with Crippen LogP contribution in [0.5, 0.6) is 5.75 Å². The van der Waals surface area contributed by atoms with Gasteiger partial charge >= 0.3 is 12.3 Å². The Hall–Kier alpha value is -1.63. The Labute approximate surface area is 101 Å². The first-order chi connectivity index (χ1) is 7.33. The van der Waals surface area contributed by atoms with E-state index in [9.17, 15) is 18.0 Å². The predicted molar refractivity (Wildman–Crippen MR) is 56.1 cm³/mol. The summed E-state index contributed by atoms with van der Waals surface area (Å²) >= 11 is 0. The Morgan fingerprint density at radius 1 is 1.35 bits per heavy atom. The monoisotopic (exact) mass is 271 g/mol. The van der Waals surface area contributed by atoms with Gasteiger partial charge in [0.05, 0.1) is 18.4 Å². The maximum absolute atomic E-state index is 11.9. The van der Waals surface area contributed by atoms with Crippen LogP contribution >= 0.6 is 12.4 Å². The molecule has 0 bridgehead atoms. The van der Waals surface area contributed by atoms with Gasteiger partial charge in [-0.1, -0.05) is 0 Å². The predicted octanol–water partition coefficient (Wildman–Crippen LogP) is 2.38. The second kappa shape index (κ2) is 5.62. The number of rotatable bonds is 2. The van der Waals surface area contributed by atoms with Crippen LogP contribution < -0.4 is 10.5 Å². The van der Waals surface area contributed by atoms with E-state index in [0.717, 1.165) is 19.2 Å². The van der Waals surface area contributed by atoms with E-state index < -0.39 is 18.1 Å². The first kappa shape index (κ1) is 15.4. The minimum atomic E-state index is -4.86. The van der Waals surface area contributed by atoms with Crippen molar-refractivity contribution < 1.29 is 27.4 Å². The molecule has 0 unspecified atom stereocenters.